The van der Waals surface area contributed by atoms with Crippen molar-refractivity contribution in [3.63, 3.8) is 0 Å². The third-order valence-corrected chi connectivity index (χ3v) is 7.81. The maximum atomic E-state index is 4.56. The number of benzene rings is 1. The van der Waals surface area contributed by atoms with Crippen molar-refractivity contribution in [3.8, 4) is 0 Å². The number of para-hydroxylation sites is 1. The first-order valence-corrected chi connectivity index (χ1v) is 11.1. The predicted octanol–water partition coefficient (Wildman–Crippen LogP) is 3.66. The van der Waals surface area contributed by atoms with Gasteiger partial charge >= 0.3 is 0 Å². The van der Waals surface area contributed by atoms with Crippen LogP contribution >= 0.6 is 11.5 Å². The van der Waals surface area contributed by atoms with Crippen molar-refractivity contribution in [2.24, 2.45) is 0 Å². The van der Waals surface area contributed by atoms with Gasteiger partial charge in [-0.3, -0.25) is 0 Å². The van der Waals surface area contributed by atoms with Crippen LogP contribution in [-0.4, -0.2) is 53.0 Å². The summed E-state index contributed by atoms with van der Waals surface area (Å²) >= 11 is 1.55. The second kappa shape index (κ2) is 7.06. The molecule has 4 heterocycles. The van der Waals surface area contributed by atoms with E-state index in [2.05, 4.69) is 48.7 Å². The Hall–Kier alpha value is -1.66. The van der Waals surface area contributed by atoms with E-state index in [4.69, 9.17) is 0 Å². The maximum absolute atomic E-state index is 4.56. The van der Waals surface area contributed by atoms with Crippen LogP contribution in [0.4, 0.5) is 10.8 Å². The summed E-state index contributed by atoms with van der Waals surface area (Å²) < 4.78 is 4.34. The Balaban J connectivity index is 1.21. The summed E-state index contributed by atoms with van der Waals surface area (Å²) in [7, 11) is 0. The molecule has 1 aromatic carbocycles. The highest BCUT2D eigenvalue weighted by atomic mass is 32.1. The van der Waals surface area contributed by atoms with Crippen molar-refractivity contribution >= 4 is 22.4 Å². The first kappa shape index (κ1) is 17.4. The van der Waals surface area contributed by atoms with Gasteiger partial charge in [0.15, 0.2) is 0 Å². The molecule has 0 saturated carbocycles. The lowest BCUT2D eigenvalue weighted by molar-refractivity contribution is 0.0960. The van der Waals surface area contributed by atoms with E-state index in [0.29, 0.717) is 5.41 Å². The second-order valence-corrected chi connectivity index (χ2v) is 9.11. The lowest BCUT2D eigenvalue weighted by atomic mass is 9.68. The summed E-state index contributed by atoms with van der Waals surface area (Å²) in [6.45, 7) is 7.83. The van der Waals surface area contributed by atoms with Crippen molar-refractivity contribution in [2.75, 3.05) is 42.9 Å². The number of rotatable bonds is 2. The molecule has 2 fully saturated rings. The number of hydrogen-bond acceptors (Lipinski definition) is 6. The van der Waals surface area contributed by atoms with Crippen LogP contribution in [0.5, 0.6) is 0 Å². The molecule has 3 aliphatic rings. The molecule has 27 heavy (non-hydrogen) atoms. The monoisotopic (exact) mass is 383 g/mol. The molecule has 0 radical (unpaired) electrons. The standard InChI is InChI=1S/C21H29N5S/c1-16-23-20(27-24-16)26-12-6-17(7-13-26)25-14-9-21(10-15-25)8-11-22-19-5-3-2-4-18(19)21/h2-5,17,22H,6-15H2,1H3. The Morgan fingerprint density at radius 3 is 2.59 bits per heavy atom. The molecule has 144 valence electrons. The summed E-state index contributed by atoms with van der Waals surface area (Å²) in [6.07, 6.45) is 6.41. The molecular weight excluding hydrogens is 354 g/mol. The molecule has 0 unspecified atom stereocenters. The van der Waals surface area contributed by atoms with Gasteiger partial charge in [0.25, 0.3) is 0 Å². The van der Waals surface area contributed by atoms with Crippen LogP contribution in [-0.2, 0) is 5.41 Å². The molecule has 6 heteroatoms. The van der Waals surface area contributed by atoms with Crippen LogP contribution in [0.25, 0.3) is 0 Å². The topological polar surface area (TPSA) is 44.3 Å². The van der Waals surface area contributed by atoms with E-state index in [9.17, 15) is 0 Å². The largest absolute Gasteiger partial charge is 0.385 e. The second-order valence-electron chi connectivity index (χ2n) is 8.38. The molecule has 0 aliphatic carbocycles. The zero-order valence-corrected chi connectivity index (χ0v) is 17.0. The highest BCUT2D eigenvalue weighted by molar-refractivity contribution is 7.09. The third kappa shape index (κ3) is 3.23. The summed E-state index contributed by atoms with van der Waals surface area (Å²) in [5.74, 6) is 0.903. The van der Waals surface area contributed by atoms with Crippen LogP contribution in [0.1, 0.15) is 43.5 Å². The van der Waals surface area contributed by atoms with Crippen molar-refractivity contribution in [1.82, 2.24) is 14.3 Å². The van der Waals surface area contributed by atoms with E-state index in [-0.39, 0.29) is 0 Å². The van der Waals surface area contributed by atoms with Crippen molar-refractivity contribution in [3.05, 3.63) is 35.7 Å². The van der Waals surface area contributed by atoms with E-state index in [0.717, 1.165) is 36.6 Å². The van der Waals surface area contributed by atoms with Gasteiger partial charge in [-0.15, -0.1) is 0 Å². The molecule has 0 atom stereocenters. The van der Waals surface area contributed by atoms with Gasteiger partial charge < -0.3 is 15.1 Å². The molecule has 3 aliphatic heterocycles. The molecule has 2 aromatic rings. The Bertz CT molecular complexity index is 787. The SMILES string of the molecule is Cc1nsc(N2CCC(N3CCC4(CCNc5ccccc54)CC3)CC2)n1. The number of anilines is 2. The Labute approximate surface area is 166 Å². The minimum Gasteiger partial charge on any atom is -0.385 e. The summed E-state index contributed by atoms with van der Waals surface area (Å²) in [6, 6.07) is 9.73. The summed E-state index contributed by atoms with van der Waals surface area (Å²) in [5, 5.41) is 4.71. The highest BCUT2D eigenvalue weighted by Crippen LogP contribution is 2.45. The molecule has 0 amide bonds. The predicted molar refractivity (Wildman–Crippen MR) is 112 cm³/mol. The fourth-order valence-corrected chi connectivity index (χ4v) is 6.07. The molecule has 1 aromatic heterocycles. The smallest absolute Gasteiger partial charge is 0.205 e. The van der Waals surface area contributed by atoms with E-state index >= 15 is 0 Å². The van der Waals surface area contributed by atoms with Crippen LogP contribution < -0.4 is 10.2 Å². The van der Waals surface area contributed by atoms with Gasteiger partial charge in [-0.25, -0.2) is 4.98 Å². The fourth-order valence-electron chi connectivity index (χ4n) is 5.34. The highest BCUT2D eigenvalue weighted by Gasteiger charge is 2.40. The van der Waals surface area contributed by atoms with Crippen LogP contribution in [0.15, 0.2) is 24.3 Å². The van der Waals surface area contributed by atoms with Gasteiger partial charge in [-0.1, -0.05) is 18.2 Å². The lowest BCUT2D eigenvalue weighted by Gasteiger charge is -2.48. The molecular formula is C21H29N5S. The van der Waals surface area contributed by atoms with E-state index in [1.54, 1.807) is 17.1 Å². The number of nitrogens with one attached hydrogen (secondary N) is 1. The Morgan fingerprint density at radius 1 is 1.07 bits per heavy atom. The van der Waals surface area contributed by atoms with E-state index in [1.165, 1.54) is 50.9 Å². The Morgan fingerprint density at radius 2 is 1.85 bits per heavy atom. The zero-order chi connectivity index (χ0) is 18.3. The average molecular weight is 384 g/mol. The number of aryl methyl sites for hydroxylation is 1. The van der Waals surface area contributed by atoms with Crippen LogP contribution in [0.2, 0.25) is 0 Å². The fraction of sp³-hybridized carbons (Fsp3) is 0.619. The number of piperidine rings is 2. The maximum Gasteiger partial charge on any atom is 0.205 e. The molecule has 1 N–H and O–H groups in total. The summed E-state index contributed by atoms with van der Waals surface area (Å²) in [5.41, 5.74) is 3.35. The molecule has 5 nitrogen and oxygen atoms in total. The van der Waals surface area contributed by atoms with Crippen LogP contribution in [0, 0.1) is 6.92 Å². The third-order valence-electron chi connectivity index (χ3n) is 6.94. The average Bonchev–Trinajstić information content (AvgIpc) is 3.16. The van der Waals surface area contributed by atoms with Crippen molar-refractivity contribution in [2.45, 2.75) is 50.5 Å². The lowest BCUT2D eigenvalue weighted by Crippen LogP contribution is -2.51. The van der Waals surface area contributed by atoms with Crippen LogP contribution in [0.3, 0.4) is 0 Å². The van der Waals surface area contributed by atoms with Gasteiger partial charge in [0.1, 0.15) is 5.82 Å². The normalized spacial score (nSPS) is 23.2. The Kier molecular flexibility index (Phi) is 4.56. The number of likely N-dealkylation sites (tertiary alicyclic amines) is 1. The van der Waals surface area contributed by atoms with Gasteiger partial charge in [0.2, 0.25) is 5.13 Å². The first-order valence-electron chi connectivity index (χ1n) is 10.4. The van der Waals surface area contributed by atoms with E-state index < -0.39 is 0 Å². The zero-order valence-electron chi connectivity index (χ0n) is 16.2. The number of aromatic nitrogens is 2. The quantitative estimate of drug-likeness (QED) is 0.857. The van der Waals surface area contributed by atoms with Gasteiger partial charge in [-0.2, -0.15) is 4.37 Å². The van der Waals surface area contributed by atoms with E-state index in [1.807, 2.05) is 6.92 Å². The van der Waals surface area contributed by atoms with Gasteiger partial charge in [0, 0.05) is 48.3 Å². The number of hydrogen-bond donors (Lipinski definition) is 1. The number of fused-ring (bicyclic) bond motifs is 2. The van der Waals surface area contributed by atoms with Gasteiger partial charge in [0.05, 0.1) is 0 Å². The molecule has 0 bridgehead atoms. The minimum absolute atomic E-state index is 0.406. The first-order chi connectivity index (χ1) is 13.2. The van der Waals surface area contributed by atoms with Gasteiger partial charge in [-0.05, 0) is 63.7 Å². The number of nitrogens with zero attached hydrogens (tertiary/aromatic N) is 4. The molecule has 2 saturated heterocycles. The minimum atomic E-state index is 0.406. The van der Waals surface area contributed by atoms with Crippen molar-refractivity contribution in [1.29, 1.82) is 0 Å². The molecule has 1 spiro atoms. The van der Waals surface area contributed by atoms with Crippen molar-refractivity contribution < 1.29 is 0 Å². The molecule has 5 rings (SSSR count). The summed E-state index contributed by atoms with van der Waals surface area (Å²) in [4.78, 5) is 9.77.